The Balaban J connectivity index is 2.68. The Hall–Kier alpha value is -0.400. The molecule has 0 amide bonds. The second-order valence-electron chi connectivity index (χ2n) is 2.99. The number of aryl methyl sites for hydroxylation is 1. The van der Waals surface area contributed by atoms with Crippen molar-refractivity contribution in [2.24, 2.45) is 0 Å². The maximum absolute atomic E-state index is 11.6. The fourth-order valence-corrected chi connectivity index (χ4v) is 2.30. The molecule has 2 N–H and O–H groups in total. The highest BCUT2D eigenvalue weighted by atomic mass is 79.9. The number of hydrogen-bond donors (Lipinski definition) is 2. The van der Waals surface area contributed by atoms with Crippen LogP contribution in [0.25, 0.3) is 0 Å². The molecule has 0 unspecified atom stereocenters. The third kappa shape index (κ3) is 3.58. The zero-order valence-electron chi connectivity index (χ0n) is 8.46. The van der Waals surface area contributed by atoms with E-state index in [0.717, 1.165) is 11.8 Å². The lowest BCUT2D eigenvalue weighted by atomic mass is 10.5. The SMILES string of the molecule is CCc1ncc(S(=O)(=O)NCCCBr)[nH]1. The van der Waals surface area contributed by atoms with Gasteiger partial charge < -0.3 is 4.98 Å². The van der Waals surface area contributed by atoms with Crippen LogP contribution in [0.15, 0.2) is 11.2 Å². The molecule has 0 atom stereocenters. The van der Waals surface area contributed by atoms with Crippen molar-refractivity contribution in [1.82, 2.24) is 14.7 Å². The van der Waals surface area contributed by atoms with Crippen LogP contribution < -0.4 is 4.72 Å². The standard InChI is InChI=1S/C8H14BrN3O2S/c1-2-7-10-6-8(12-7)15(13,14)11-5-3-4-9/h6,11H,2-5H2,1H3,(H,10,12). The van der Waals surface area contributed by atoms with Crippen LogP contribution in [0.2, 0.25) is 0 Å². The fourth-order valence-electron chi connectivity index (χ4n) is 1.01. The zero-order valence-corrected chi connectivity index (χ0v) is 10.9. The van der Waals surface area contributed by atoms with Crippen LogP contribution in [0.3, 0.4) is 0 Å². The largest absolute Gasteiger partial charge is 0.332 e. The van der Waals surface area contributed by atoms with Gasteiger partial charge in [0.25, 0.3) is 10.0 Å². The van der Waals surface area contributed by atoms with Gasteiger partial charge >= 0.3 is 0 Å². The Morgan fingerprint density at radius 1 is 1.60 bits per heavy atom. The molecule has 1 heterocycles. The lowest BCUT2D eigenvalue weighted by Crippen LogP contribution is -2.25. The average Bonchev–Trinajstić information content (AvgIpc) is 2.66. The molecule has 0 aromatic carbocycles. The number of aromatic nitrogens is 2. The summed E-state index contributed by atoms with van der Waals surface area (Å²) in [6.07, 6.45) is 2.79. The maximum Gasteiger partial charge on any atom is 0.257 e. The second kappa shape index (κ2) is 5.62. The highest BCUT2D eigenvalue weighted by molar-refractivity contribution is 9.09. The van der Waals surface area contributed by atoms with E-state index in [1.807, 2.05) is 6.92 Å². The van der Waals surface area contributed by atoms with Crippen molar-refractivity contribution in [3.8, 4) is 0 Å². The molecule has 7 heteroatoms. The summed E-state index contributed by atoms with van der Waals surface area (Å²) >= 11 is 3.23. The number of halogens is 1. The molecule has 86 valence electrons. The first-order valence-corrected chi connectivity index (χ1v) is 7.30. The van der Waals surface area contributed by atoms with Gasteiger partial charge in [-0.1, -0.05) is 22.9 Å². The molecule has 1 aromatic rings. The zero-order chi connectivity index (χ0) is 11.3. The number of alkyl halides is 1. The molecule has 0 fully saturated rings. The van der Waals surface area contributed by atoms with Crippen LogP contribution in [0.4, 0.5) is 0 Å². The van der Waals surface area contributed by atoms with Gasteiger partial charge in [-0.25, -0.2) is 18.1 Å². The van der Waals surface area contributed by atoms with Gasteiger partial charge in [-0.05, 0) is 6.42 Å². The summed E-state index contributed by atoms with van der Waals surface area (Å²) in [5, 5.41) is 0.910. The Labute approximate surface area is 97.9 Å². The molecule has 1 aromatic heterocycles. The van der Waals surface area contributed by atoms with E-state index in [1.165, 1.54) is 6.20 Å². The smallest absolute Gasteiger partial charge is 0.257 e. The minimum Gasteiger partial charge on any atom is -0.332 e. The molecule has 0 saturated heterocycles. The molecule has 0 spiro atoms. The summed E-state index contributed by atoms with van der Waals surface area (Å²) in [7, 11) is -3.41. The number of rotatable bonds is 6. The highest BCUT2D eigenvalue weighted by Crippen LogP contribution is 2.05. The van der Waals surface area contributed by atoms with Gasteiger partial charge in [-0.3, -0.25) is 0 Å². The topological polar surface area (TPSA) is 74.8 Å². The summed E-state index contributed by atoms with van der Waals surface area (Å²) in [5.74, 6) is 0.677. The van der Waals surface area contributed by atoms with Crippen molar-refractivity contribution in [2.75, 3.05) is 11.9 Å². The van der Waals surface area contributed by atoms with Crippen molar-refractivity contribution >= 4 is 26.0 Å². The molecule has 0 saturated carbocycles. The Bertz CT molecular complexity index is 402. The number of imidazole rings is 1. The first kappa shape index (κ1) is 12.7. The summed E-state index contributed by atoms with van der Waals surface area (Å²) in [6, 6.07) is 0. The Morgan fingerprint density at radius 3 is 2.87 bits per heavy atom. The van der Waals surface area contributed by atoms with Crippen LogP contribution in [-0.4, -0.2) is 30.3 Å². The fraction of sp³-hybridized carbons (Fsp3) is 0.625. The normalized spacial score (nSPS) is 11.9. The minimum absolute atomic E-state index is 0.133. The van der Waals surface area contributed by atoms with Crippen molar-refractivity contribution in [1.29, 1.82) is 0 Å². The van der Waals surface area contributed by atoms with E-state index in [1.54, 1.807) is 0 Å². The van der Waals surface area contributed by atoms with Crippen molar-refractivity contribution in [2.45, 2.75) is 24.8 Å². The third-order valence-electron chi connectivity index (χ3n) is 1.83. The van der Waals surface area contributed by atoms with Gasteiger partial charge in [-0.15, -0.1) is 0 Å². The molecule has 0 bridgehead atoms. The maximum atomic E-state index is 11.6. The van der Waals surface area contributed by atoms with E-state index < -0.39 is 10.0 Å². The number of H-pyrrole nitrogens is 1. The van der Waals surface area contributed by atoms with Gasteiger partial charge in [-0.2, -0.15) is 0 Å². The van der Waals surface area contributed by atoms with E-state index >= 15 is 0 Å². The molecule has 5 nitrogen and oxygen atoms in total. The summed E-state index contributed by atoms with van der Waals surface area (Å²) in [4.78, 5) is 6.70. The van der Waals surface area contributed by atoms with Crippen molar-refractivity contribution < 1.29 is 8.42 Å². The minimum atomic E-state index is -3.41. The van der Waals surface area contributed by atoms with E-state index in [-0.39, 0.29) is 5.03 Å². The Morgan fingerprint density at radius 2 is 2.33 bits per heavy atom. The van der Waals surface area contributed by atoms with E-state index in [0.29, 0.717) is 18.8 Å². The number of aromatic amines is 1. The Kier molecular flexibility index (Phi) is 4.75. The summed E-state index contributed by atoms with van der Waals surface area (Å²) in [6.45, 7) is 2.33. The molecular formula is C8H14BrN3O2S. The van der Waals surface area contributed by atoms with Crippen LogP contribution in [0.1, 0.15) is 19.2 Å². The average molecular weight is 296 g/mol. The van der Waals surface area contributed by atoms with Crippen LogP contribution in [-0.2, 0) is 16.4 Å². The lowest BCUT2D eigenvalue weighted by molar-refractivity contribution is 0.577. The van der Waals surface area contributed by atoms with E-state index in [2.05, 4.69) is 30.6 Å². The third-order valence-corrected chi connectivity index (χ3v) is 3.76. The predicted octanol–water partition coefficient (Wildman–Crippen LogP) is 1.04. The summed E-state index contributed by atoms with van der Waals surface area (Å²) < 4.78 is 25.8. The van der Waals surface area contributed by atoms with Gasteiger partial charge in [0.2, 0.25) is 0 Å². The highest BCUT2D eigenvalue weighted by Gasteiger charge is 2.15. The monoisotopic (exact) mass is 295 g/mol. The second-order valence-corrected chi connectivity index (χ2v) is 5.52. The first-order chi connectivity index (χ1) is 7.10. The van der Waals surface area contributed by atoms with Gasteiger partial charge in [0.15, 0.2) is 5.03 Å². The predicted molar refractivity (Wildman–Crippen MR) is 61.6 cm³/mol. The molecule has 0 radical (unpaired) electrons. The number of nitrogens with one attached hydrogen (secondary N) is 2. The van der Waals surface area contributed by atoms with E-state index in [9.17, 15) is 8.42 Å². The number of nitrogens with zero attached hydrogens (tertiary/aromatic N) is 1. The lowest BCUT2D eigenvalue weighted by Gasteiger charge is -2.02. The van der Waals surface area contributed by atoms with Crippen molar-refractivity contribution in [3.05, 3.63) is 12.0 Å². The number of hydrogen-bond acceptors (Lipinski definition) is 3. The molecule has 0 aliphatic rings. The van der Waals surface area contributed by atoms with E-state index in [4.69, 9.17) is 0 Å². The molecule has 0 aliphatic carbocycles. The molecular weight excluding hydrogens is 282 g/mol. The molecule has 0 aliphatic heterocycles. The number of sulfonamides is 1. The van der Waals surface area contributed by atoms with Crippen LogP contribution >= 0.6 is 15.9 Å². The van der Waals surface area contributed by atoms with Crippen molar-refractivity contribution in [3.63, 3.8) is 0 Å². The first-order valence-electron chi connectivity index (χ1n) is 4.69. The summed E-state index contributed by atoms with van der Waals surface area (Å²) in [5.41, 5.74) is 0. The molecule has 15 heavy (non-hydrogen) atoms. The van der Waals surface area contributed by atoms with Crippen LogP contribution in [0, 0.1) is 0 Å². The van der Waals surface area contributed by atoms with Gasteiger partial charge in [0.05, 0.1) is 6.20 Å². The van der Waals surface area contributed by atoms with Gasteiger partial charge in [0, 0.05) is 18.3 Å². The van der Waals surface area contributed by atoms with Gasteiger partial charge in [0.1, 0.15) is 5.82 Å². The molecule has 1 rings (SSSR count). The quantitative estimate of drug-likeness (QED) is 0.608. The van der Waals surface area contributed by atoms with Crippen LogP contribution in [0.5, 0.6) is 0 Å².